The molecule has 0 amide bonds. The zero-order valence-electron chi connectivity index (χ0n) is 11.6. The third-order valence-corrected chi connectivity index (χ3v) is 3.11. The normalized spacial score (nSPS) is 12.1. The molecule has 1 atom stereocenters. The highest BCUT2D eigenvalue weighted by Gasteiger charge is 2.10. The number of rotatable bonds is 9. The summed E-state index contributed by atoms with van der Waals surface area (Å²) in [6.07, 6.45) is 6.48. The standard InChI is InChI=1S/C16H25NO/c1-4-6-7-11-15(17-5-2)13-14-10-8-9-12-16(14)18-3/h4,8-10,12,15,17H,1,5-7,11,13H2,2-3H3. The van der Waals surface area contributed by atoms with Crippen molar-refractivity contribution >= 4 is 0 Å². The first-order valence-electron chi connectivity index (χ1n) is 6.78. The maximum atomic E-state index is 5.41. The molecule has 100 valence electrons. The van der Waals surface area contributed by atoms with Gasteiger partial charge >= 0.3 is 0 Å². The van der Waals surface area contributed by atoms with E-state index in [0.717, 1.165) is 25.1 Å². The molecule has 0 saturated heterocycles. The summed E-state index contributed by atoms with van der Waals surface area (Å²) >= 11 is 0. The molecule has 0 heterocycles. The molecule has 0 bridgehead atoms. The van der Waals surface area contributed by atoms with Crippen molar-refractivity contribution in [2.75, 3.05) is 13.7 Å². The highest BCUT2D eigenvalue weighted by molar-refractivity contribution is 5.33. The van der Waals surface area contributed by atoms with Crippen molar-refractivity contribution in [1.82, 2.24) is 5.32 Å². The second-order valence-corrected chi connectivity index (χ2v) is 4.49. The first-order chi connectivity index (χ1) is 8.81. The van der Waals surface area contributed by atoms with Gasteiger partial charge in [0.05, 0.1) is 7.11 Å². The largest absolute Gasteiger partial charge is 0.496 e. The average molecular weight is 247 g/mol. The maximum absolute atomic E-state index is 5.41. The van der Waals surface area contributed by atoms with Crippen LogP contribution in [0.4, 0.5) is 0 Å². The van der Waals surface area contributed by atoms with E-state index >= 15 is 0 Å². The summed E-state index contributed by atoms with van der Waals surface area (Å²) in [6.45, 7) is 6.94. The van der Waals surface area contributed by atoms with Crippen molar-refractivity contribution < 1.29 is 4.74 Å². The molecule has 0 aliphatic heterocycles. The molecule has 0 saturated carbocycles. The van der Waals surface area contributed by atoms with E-state index < -0.39 is 0 Å². The Hall–Kier alpha value is -1.28. The van der Waals surface area contributed by atoms with E-state index in [1.807, 2.05) is 18.2 Å². The SMILES string of the molecule is C=CCCCC(Cc1ccccc1OC)NCC. The molecule has 0 fully saturated rings. The fraction of sp³-hybridized carbons (Fsp3) is 0.500. The number of likely N-dealkylation sites (N-methyl/N-ethyl adjacent to an activating group) is 1. The minimum Gasteiger partial charge on any atom is -0.496 e. The number of hydrogen-bond acceptors (Lipinski definition) is 2. The minimum absolute atomic E-state index is 0.520. The molecule has 0 spiro atoms. The van der Waals surface area contributed by atoms with E-state index in [1.165, 1.54) is 18.4 Å². The van der Waals surface area contributed by atoms with E-state index in [2.05, 4.69) is 31.0 Å². The summed E-state index contributed by atoms with van der Waals surface area (Å²) < 4.78 is 5.41. The number of allylic oxidation sites excluding steroid dienone is 1. The smallest absolute Gasteiger partial charge is 0.122 e. The monoisotopic (exact) mass is 247 g/mol. The molecule has 1 rings (SSSR count). The molecule has 1 aromatic rings. The lowest BCUT2D eigenvalue weighted by Gasteiger charge is -2.19. The lowest BCUT2D eigenvalue weighted by Crippen LogP contribution is -2.31. The molecule has 0 aromatic heterocycles. The van der Waals surface area contributed by atoms with E-state index in [1.54, 1.807) is 7.11 Å². The van der Waals surface area contributed by atoms with Gasteiger partial charge in [0, 0.05) is 6.04 Å². The first kappa shape index (κ1) is 14.8. The van der Waals surface area contributed by atoms with Gasteiger partial charge < -0.3 is 10.1 Å². The number of ether oxygens (including phenoxy) is 1. The Morgan fingerprint density at radius 3 is 2.83 bits per heavy atom. The molecule has 1 unspecified atom stereocenters. The summed E-state index contributed by atoms with van der Waals surface area (Å²) in [5.41, 5.74) is 1.28. The predicted octanol–water partition coefficient (Wildman–Crippen LogP) is 3.57. The molecule has 0 aliphatic rings. The summed E-state index contributed by atoms with van der Waals surface area (Å²) in [5, 5.41) is 3.55. The lowest BCUT2D eigenvalue weighted by atomic mass is 10.00. The van der Waals surface area contributed by atoms with Crippen molar-refractivity contribution in [3.63, 3.8) is 0 Å². The molecular formula is C16H25NO. The van der Waals surface area contributed by atoms with Gasteiger partial charge in [-0.1, -0.05) is 31.2 Å². The van der Waals surface area contributed by atoms with Gasteiger partial charge in [-0.05, 0) is 43.9 Å². The molecule has 0 radical (unpaired) electrons. The number of nitrogens with one attached hydrogen (secondary N) is 1. The van der Waals surface area contributed by atoms with Crippen LogP contribution >= 0.6 is 0 Å². The van der Waals surface area contributed by atoms with E-state index in [9.17, 15) is 0 Å². The van der Waals surface area contributed by atoms with Gasteiger partial charge in [-0.3, -0.25) is 0 Å². The molecule has 1 N–H and O–H groups in total. The lowest BCUT2D eigenvalue weighted by molar-refractivity contribution is 0.402. The Bertz CT molecular complexity index is 349. The van der Waals surface area contributed by atoms with Gasteiger partial charge in [-0.25, -0.2) is 0 Å². The van der Waals surface area contributed by atoms with Crippen molar-refractivity contribution in [1.29, 1.82) is 0 Å². The van der Waals surface area contributed by atoms with Crippen LogP contribution in [0.25, 0.3) is 0 Å². The zero-order chi connectivity index (χ0) is 13.2. The first-order valence-corrected chi connectivity index (χ1v) is 6.78. The predicted molar refractivity (Wildman–Crippen MR) is 78.2 cm³/mol. The van der Waals surface area contributed by atoms with Crippen LogP contribution in [-0.2, 0) is 6.42 Å². The Labute approximate surface area is 111 Å². The van der Waals surface area contributed by atoms with Crippen LogP contribution < -0.4 is 10.1 Å². The van der Waals surface area contributed by atoms with Gasteiger partial charge in [0.15, 0.2) is 0 Å². The zero-order valence-corrected chi connectivity index (χ0v) is 11.6. The van der Waals surface area contributed by atoms with Crippen LogP contribution in [0, 0.1) is 0 Å². The van der Waals surface area contributed by atoms with Crippen LogP contribution in [0.2, 0.25) is 0 Å². The number of benzene rings is 1. The third kappa shape index (κ3) is 4.92. The maximum Gasteiger partial charge on any atom is 0.122 e. The van der Waals surface area contributed by atoms with Gasteiger partial charge in [-0.2, -0.15) is 0 Å². The highest BCUT2D eigenvalue weighted by Crippen LogP contribution is 2.20. The van der Waals surface area contributed by atoms with Gasteiger partial charge in [0.25, 0.3) is 0 Å². The molecule has 18 heavy (non-hydrogen) atoms. The van der Waals surface area contributed by atoms with E-state index in [4.69, 9.17) is 4.74 Å². The van der Waals surface area contributed by atoms with Crippen molar-refractivity contribution in [2.45, 2.75) is 38.6 Å². The molecule has 2 nitrogen and oxygen atoms in total. The Morgan fingerprint density at radius 1 is 1.39 bits per heavy atom. The van der Waals surface area contributed by atoms with Gasteiger partial charge in [0.2, 0.25) is 0 Å². The van der Waals surface area contributed by atoms with Crippen LogP contribution in [0.15, 0.2) is 36.9 Å². The molecule has 0 aliphatic carbocycles. The number of para-hydroxylation sites is 1. The van der Waals surface area contributed by atoms with Gasteiger partial charge in [-0.15, -0.1) is 6.58 Å². The van der Waals surface area contributed by atoms with Crippen molar-refractivity contribution in [2.24, 2.45) is 0 Å². The average Bonchev–Trinajstić information content (AvgIpc) is 2.40. The van der Waals surface area contributed by atoms with Crippen LogP contribution in [0.5, 0.6) is 5.75 Å². The second kappa shape index (κ2) is 8.76. The fourth-order valence-electron chi connectivity index (χ4n) is 2.21. The van der Waals surface area contributed by atoms with E-state index in [-0.39, 0.29) is 0 Å². The van der Waals surface area contributed by atoms with Crippen molar-refractivity contribution in [3.8, 4) is 5.75 Å². The highest BCUT2D eigenvalue weighted by atomic mass is 16.5. The van der Waals surface area contributed by atoms with E-state index in [0.29, 0.717) is 6.04 Å². The number of methoxy groups -OCH3 is 1. The molecule has 2 heteroatoms. The quantitative estimate of drug-likeness (QED) is 0.532. The summed E-state index contributed by atoms with van der Waals surface area (Å²) in [5.74, 6) is 0.990. The molecule has 1 aromatic carbocycles. The Morgan fingerprint density at radius 2 is 2.17 bits per heavy atom. The Kier molecular flexibility index (Phi) is 7.19. The van der Waals surface area contributed by atoms with Gasteiger partial charge in [0.1, 0.15) is 5.75 Å². The summed E-state index contributed by atoms with van der Waals surface area (Å²) in [4.78, 5) is 0. The number of unbranched alkanes of at least 4 members (excludes halogenated alkanes) is 1. The summed E-state index contributed by atoms with van der Waals surface area (Å²) in [6, 6.07) is 8.79. The van der Waals surface area contributed by atoms with Crippen LogP contribution in [-0.4, -0.2) is 19.7 Å². The van der Waals surface area contributed by atoms with Crippen molar-refractivity contribution in [3.05, 3.63) is 42.5 Å². The third-order valence-electron chi connectivity index (χ3n) is 3.11. The molecular weight excluding hydrogens is 222 g/mol. The topological polar surface area (TPSA) is 21.3 Å². The summed E-state index contributed by atoms with van der Waals surface area (Å²) in [7, 11) is 1.73. The minimum atomic E-state index is 0.520. The fourth-order valence-corrected chi connectivity index (χ4v) is 2.21. The van der Waals surface area contributed by atoms with Crippen LogP contribution in [0.1, 0.15) is 31.7 Å². The van der Waals surface area contributed by atoms with Crippen LogP contribution in [0.3, 0.4) is 0 Å². The second-order valence-electron chi connectivity index (χ2n) is 4.49. The number of hydrogen-bond donors (Lipinski definition) is 1. The Balaban J connectivity index is 2.60.